The highest BCUT2D eigenvalue weighted by Gasteiger charge is 2.15. The van der Waals surface area contributed by atoms with Crippen LogP contribution in [-0.2, 0) is 9.59 Å². The van der Waals surface area contributed by atoms with Gasteiger partial charge < -0.3 is 15.7 Å². The Labute approximate surface area is 77.5 Å². The number of nitrogens with one attached hydrogen (secondary N) is 2. The fraction of sp³-hybridized carbons (Fsp3) is 0.750. The zero-order valence-corrected chi connectivity index (χ0v) is 7.96. The number of rotatable bonds is 6. The Balaban J connectivity index is 3.80. The number of hydrogen-bond acceptors (Lipinski definition) is 4. The van der Waals surface area contributed by atoms with Gasteiger partial charge in [-0.25, -0.2) is 0 Å². The molecule has 0 aromatic rings. The van der Waals surface area contributed by atoms with Gasteiger partial charge in [0.2, 0.25) is 5.91 Å². The quantitative estimate of drug-likeness (QED) is 0.482. The summed E-state index contributed by atoms with van der Waals surface area (Å²) in [5.74, 6) is -0.301. The summed E-state index contributed by atoms with van der Waals surface area (Å²) in [5, 5.41) is 13.6. The molecule has 0 heterocycles. The largest absolute Gasteiger partial charge is 0.395 e. The van der Waals surface area contributed by atoms with Crippen LogP contribution in [0, 0.1) is 0 Å². The van der Waals surface area contributed by atoms with Crippen molar-refractivity contribution in [3.63, 3.8) is 0 Å². The number of likely N-dealkylation sites (N-methyl/N-ethyl adjacent to an activating group) is 1. The van der Waals surface area contributed by atoms with E-state index in [4.69, 9.17) is 5.11 Å². The molecule has 13 heavy (non-hydrogen) atoms. The molecule has 0 bridgehead atoms. The highest BCUT2D eigenvalue weighted by Crippen LogP contribution is 1.92. The van der Waals surface area contributed by atoms with Crippen LogP contribution in [0.5, 0.6) is 0 Å². The van der Waals surface area contributed by atoms with Crippen LogP contribution in [0.15, 0.2) is 0 Å². The number of aliphatic hydroxyl groups excluding tert-OH is 1. The van der Waals surface area contributed by atoms with Gasteiger partial charge in [-0.1, -0.05) is 0 Å². The third kappa shape index (κ3) is 5.32. The normalized spacial score (nSPS) is 12.2. The minimum Gasteiger partial charge on any atom is -0.395 e. The topological polar surface area (TPSA) is 78.4 Å². The summed E-state index contributed by atoms with van der Waals surface area (Å²) in [4.78, 5) is 22.0. The summed E-state index contributed by atoms with van der Waals surface area (Å²) in [6.45, 7) is 1.57. The number of carbonyl (C=O) groups is 2. The molecule has 0 aliphatic carbocycles. The second kappa shape index (κ2) is 6.56. The second-order valence-electron chi connectivity index (χ2n) is 2.73. The Morgan fingerprint density at radius 1 is 1.46 bits per heavy atom. The van der Waals surface area contributed by atoms with Crippen molar-refractivity contribution in [2.45, 2.75) is 19.4 Å². The van der Waals surface area contributed by atoms with Crippen LogP contribution in [0.1, 0.15) is 13.3 Å². The maximum absolute atomic E-state index is 11.1. The van der Waals surface area contributed by atoms with Crippen molar-refractivity contribution in [2.24, 2.45) is 0 Å². The molecule has 1 atom stereocenters. The van der Waals surface area contributed by atoms with Crippen molar-refractivity contribution in [1.29, 1.82) is 0 Å². The summed E-state index contributed by atoms with van der Waals surface area (Å²) in [5.41, 5.74) is 0. The molecular weight excluding hydrogens is 172 g/mol. The molecule has 76 valence electrons. The molecule has 0 radical (unpaired) electrons. The molecule has 0 fully saturated rings. The van der Waals surface area contributed by atoms with E-state index in [1.54, 1.807) is 7.05 Å². The van der Waals surface area contributed by atoms with E-state index >= 15 is 0 Å². The molecule has 0 spiro atoms. The Morgan fingerprint density at radius 3 is 2.46 bits per heavy atom. The number of hydrogen-bond donors (Lipinski definition) is 3. The van der Waals surface area contributed by atoms with Crippen LogP contribution in [-0.4, -0.2) is 43.0 Å². The summed E-state index contributed by atoms with van der Waals surface area (Å²) >= 11 is 0. The molecule has 0 aliphatic rings. The molecule has 0 saturated carbocycles. The van der Waals surface area contributed by atoms with Crippen molar-refractivity contribution in [1.82, 2.24) is 10.6 Å². The average molecular weight is 188 g/mol. The summed E-state index contributed by atoms with van der Waals surface area (Å²) in [7, 11) is 1.63. The SMILES string of the molecule is CN[C@@H](CC(=O)NCCO)C(C)=O. The number of aliphatic hydroxyl groups is 1. The van der Waals surface area contributed by atoms with Gasteiger partial charge in [0.15, 0.2) is 0 Å². The molecule has 5 nitrogen and oxygen atoms in total. The number of Topliss-reactive ketones (excluding diaryl/α,β-unsaturated/α-hetero) is 1. The molecule has 0 aliphatic heterocycles. The van der Waals surface area contributed by atoms with Crippen molar-refractivity contribution in [3.05, 3.63) is 0 Å². The minimum atomic E-state index is -0.432. The third-order valence-corrected chi connectivity index (χ3v) is 1.66. The van der Waals surface area contributed by atoms with Gasteiger partial charge in [-0.05, 0) is 14.0 Å². The molecule has 0 unspecified atom stereocenters. The second-order valence-corrected chi connectivity index (χ2v) is 2.73. The van der Waals surface area contributed by atoms with Crippen LogP contribution < -0.4 is 10.6 Å². The van der Waals surface area contributed by atoms with E-state index in [2.05, 4.69) is 10.6 Å². The third-order valence-electron chi connectivity index (χ3n) is 1.66. The standard InChI is InChI=1S/C8H16N2O3/c1-6(12)7(9-2)5-8(13)10-3-4-11/h7,9,11H,3-5H2,1-2H3,(H,10,13)/t7-/m0/s1. The van der Waals surface area contributed by atoms with E-state index in [1.165, 1.54) is 6.92 Å². The first-order valence-corrected chi connectivity index (χ1v) is 4.17. The predicted octanol–water partition coefficient (Wildman–Crippen LogP) is -1.34. The van der Waals surface area contributed by atoms with Crippen LogP contribution in [0.4, 0.5) is 0 Å². The lowest BCUT2D eigenvalue weighted by molar-refractivity contribution is -0.126. The number of carbonyl (C=O) groups excluding carboxylic acids is 2. The Morgan fingerprint density at radius 2 is 2.08 bits per heavy atom. The Kier molecular flexibility index (Phi) is 6.09. The minimum absolute atomic E-state index is 0.0679. The van der Waals surface area contributed by atoms with Crippen LogP contribution in [0.2, 0.25) is 0 Å². The molecule has 5 heteroatoms. The number of ketones is 1. The van der Waals surface area contributed by atoms with Crippen LogP contribution >= 0.6 is 0 Å². The summed E-state index contributed by atoms with van der Waals surface area (Å²) < 4.78 is 0. The van der Waals surface area contributed by atoms with Gasteiger partial charge in [0, 0.05) is 13.0 Å². The van der Waals surface area contributed by atoms with Gasteiger partial charge >= 0.3 is 0 Å². The lowest BCUT2D eigenvalue weighted by atomic mass is 10.1. The Bertz CT molecular complexity index is 182. The first-order valence-electron chi connectivity index (χ1n) is 4.17. The first kappa shape index (κ1) is 12.1. The van der Waals surface area contributed by atoms with Crippen LogP contribution in [0.25, 0.3) is 0 Å². The maximum Gasteiger partial charge on any atom is 0.222 e. The van der Waals surface area contributed by atoms with Crippen molar-refractivity contribution >= 4 is 11.7 Å². The molecule has 0 saturated heterocycles. The average Bonchev–Trinajstić information content (AvgIpc) is 2.10. The molecule has 3 N–H and O–H groups in total. The Hall–Kier alpha value is -0.940. The highest BCUT2D eigenvalue weighted by atomic mass is 16.3. The summed E-state index contributed by atoms with van der Waals surface area (Å²) in [6.07, 6.45) is 0.117. The molecule has 0 rings (SSSR count). The molecule has 0 aromatic heterocycles. The smallest absolute Gasteiger partial charge is 0.222 e. The van der Waals surface area contributed by atoms with Crippen LogP contribution in [0.3, 0.4) is 0 Å². The lowest BCUT2D eigenvalue weighted by Crippen LogP contribution is -2.38. The van der Waals surface area contributed by atoms with Gasteiger partial charge in [-0.15, -0.1) is 0 Å². The van der Waals surface area contributed by atoms with E-state index < -0.39 is 6.04 Å². The van der Waals surface area contributed by atoms with Gasteiger partial charge in [0.1, 0.15) is 5.78 Å². The van der Waals surface area contributed by atoms with E-state index in [9.17, 15) is 9.59 Å². The first-order chi connectivity index (χ1) is 6.11. The number of amides is 1. The van der Waals surface area contributed by atoms with Gasteiger partial charge in [0.25, 0.3) is 0 Å². The zero-order valence-electron chi connectivity index (χ0n) is 7.96. The van der Waals surface area contributed by atoms with E-state index in [0.717, 1.165) is 0 Å². The molecular formula is C8H16N2O3. The van der Waals surface area contributed by atoms with Crippen molar-refractivity contribution in [3.8, 4) is 0 Å². The monoisotopic (exact) mass is 188 g/mol. The fourth-order valence-corrected chi connectivity index (χ4v) is 0.902. The van der Waals surface area contributed by atoms with Crippen molar-refractivity contribution < 1.29 is 14.7 Å². The van der Waals surface area contributed by atoms with Crippen molar-refractivity contribution in [2.75, 3.05) is 20.2 Å². The summed E-state index contributed by atoms with van der Waals surface area (Å²) in [6, 6.07) is -0.432. The van der Waals surface area contributed by atoms with Gasteiger partial charge in [-0.2, -0.15) is 0 Å². The molecule has 1 amide bonds. The maximum atomic E-state index is 11.1. The van der Waals surface area contributed by atoms with E-state index in [1.807, 2.05) is 0 Å². The van der Waals surface area contributed by atoms with E-state index in [0.29, 0.717) is 0 Å². The lowest BCUT2D eigenvalue weighted by Gasteiger charge is -2.11. The fourth-order valence-electron chi connectivity index (χ4n) is 0.902. The predicted molar refractivity (Wildman–Crippen MR) is 48.2 cm³/mol. The van der Waals surface area contributed by atoms with E-state index in [-0.39, 0.29) is 31.3 Å². The van der Waals surface area contributed by atoms with Gasteiger partial charge in [-0.3, -0.25) is 9.59 Å². The highest BCUT2D eigenvalue weighted by molar-refractivity contribution is 5.88. The van der Waals surface area contributed by atoms with Gasteiger partial charge in [0.05, 0.1) is 12.6 Å². The zero-order chi connectivity index (χ0) is 10.3. The molecule has 0 aromatic carbocycles.